The van der Waals surface area contributed by atoms with E-state index in [4.69, 9.17) is 27.9 Å². The maximum atomic E-state index is 11.9. The predicted molar refractivity (Wildman–Crippen MR) is 101 cm³/mol. The molecule has 0 heterocycles. The minimum absolute atomic E-state index is 0.0756. The van der Waals surface area contributed by atoms with Gasteiger partial charge in [0.25, 0.3) is 0 Å². The normalized spacial score (nSPS) is 25.2. The zero-order valence-electron chi connectivity index (χ0n) is 14.4. The number of hydrogen-bond donors (Lipinski definition) is 1. The molecule has 3 rings (SSSR count). The first-order valence-electron chi connectivity index (χ1n) is 8.94. The van der Waals surface area contributed by atoms with Crippen LogP contribution in [0, 0.1) is 17.8 Å². The van der Waals surface area contributed by atoms with E-state index < -0.39 is 0 Å². The van der Waals surface area contributed by atoms with Crippen molar-refractivity contribution in [2.45, 2.75) is 45.4 Å². The van der Waals surface area contributed by atoms with Gasteiger partial charge >= 0.3 is 0 Å². The SMILES string of the molecule is C/C(=N/NC(=O)CCCOc1ccc(Cl)cc1Cl)[C@@H]1C[C@H]2CC[C@@H]1C2. The topological polar surface area (TPSA) is 50.7 Å². The van der Waals surface area contributed by atoms with Crippen LogP contribution < -0.4 is 10.2 Å². The molecule has 1 aromatic carbocycles. The van der Waals surface area contributed by atoms with Gasteiger partial charge in [-0.05, 0) is 62.6 Å². The van der Waals surface area contributed by atoms with Gasteiger partial charge in [0.15, 0.2) is 0 Å². The van der Waals surface area contributed by atoms with Crippen molar-refractivity contribution >= 4 is 34.8 Å². The zero-order chi connectivity index (χ0) is 17.8. The largest absolute Gasteiger partial charge is 0.492 e. The van der Waals surface area contributed by atoms with E-state index in [1.165, 1.54) is 25.7 Å². The fraction of sp³-hybridized carbons (Fsp3) is 0.579. The summed E-state index contributed by atoms with van der Waals surface area (Å²) in [4.78, 5) is 11.9. The number of carbonyl (C=O) groups excluding carboxylic acids is 1. The summed E-state index contributed by atoms with van der Waals surface area (Å²) in [5.41, 5.74) is 3.76. The van der Waals surface area contributed by atoms with Gasteiger partial charge in [0.1, 0.15) is 5.75 Å². The molecule has 4 nitrogen and oxygen atoms in total. The Balaban J connectivity index is 1.36. The quantitative estimate of drug-likeness (QED) is 0.406. The Labute approximate surface area is 158 Å². The third kappa shape index (κ3) is 4.89. The lowest BCUT2D eigenvalue weighted by molar-refractivity contribution is -0.121. The van der Waals surface area contributed by atoms with Crippen LogP contribution in [0.25, 0.3) is 0 Å². The summed E-state index contributed by atoms with van der Waals surface area (Å²) < 4.78 is 5.58. The monoisotopic (exact) mass is 382 g/mol. The maximum Gasteiger partial charge on any atom is 0.240 e. The molecule has 2 bridgehead atoms. The van der Waals surface area contributed by atoms with Gasteiger partial charge in [0.2, 0.25) is 5.91 Å². The highest BCUT2D eigenvalue weighted by atomic mass is 35.5. The number of rotatable bonds is 7. The molecule has 136 valence electrons. The van der Waals surface area contributed by atoms with Crippen LogP contribution in [0.2, 0.25) is 10.0 Å². The molecule has 1 N–H and O–H groups in total. The predicted octanol–water partition coefficient (Wildman–Crippen LogP) is 5.08. The third-order valence-electron chi connectivity index (χ3n) is 5.33. The summed E-state index contributed by atoms with van der Waals surface area (Å²) in [5.74, 6) is 2.73. The van der Waals surface area contributed by atoms with Gasteiger partial charge in [-0.25, -0.2) is 5.43 Å². The van der Waals surface area contributed by atoms with Gasteiger partial charge < -0.3 is 4.74 Å². The van der Waals surface area contributed by atoms with Gasteiger partial charge in [-0.2, -0.15) is 5.10 Å². The Morgan fingerprint density at radius 3 is 2.84 bits per heavy atom. The van der Waals surface area contributed by atoms with Crippen molar-refractivity contribution in [1.82, 2.24) is 5.43 Å². The van der Waals surface area contributed by atoms with Gasteiger partial charge in [-0.1, -0.05) is 29.6 Å². The van der Waals surface area contributed by atoms with Gasteiger partial charge in [0, 0.05) is 23.1 Å². The highest BCUT2D eigenvalue weighted by Gasteiger charge is 2.40. The summed E-state index contributed by atoms with van der Waals surface area (Å²) in [7, 11) is 0. The van der Waals surface area contributed by atoms with E-state index >= 15 is 0 Å². The molecular weight excluding hydrogens is 359 g/mol. The summed E-state index contributed by atoms with van der Waals surface area (Å²) in [5, 5.41) is 5.37. The molecule has 0 unspecified atom stereocenters. The van der Waals surface area contributed by atoms with Crippen molar-refractivity contribution in [3.8, 4) is 5.75 Å². The first kappa shape index (κ1) is 18.5. The third-order valence-corrected chi connectivity index (χ3v) is 5.86. The van der Waals surface area contributed by atoms with E-state index in [0.717, 1.165) is 17.5 Å². The van der Waals surface area contributed by atoms with Crippen LogP contribution in [-0.2, 0) is 4.79 Å². The Morgan fingerprint density at radius 1 is 1.32 bits per heavy atom. The Morgan fingerprint density at radius 2 is 2.16 bits per heavy atom. The average Bonchev–Trinajstić information content (AvgIpc) is 3.21. The number of nitrogens with zero attached hydrogens (tertiary/aromatic N) is 1. The number of carbonyl (C=O) groups is 1. The van der Waals surface area contributed by atoms with Crippen LogP contribution in [0.3, 0.4) is 0 Å². The molecule has 6 heteroatoms. The van der Waals surface area contributed by atoms with Crippen LogP contribution in [0.5, 0.6) is 5.75 Å². The molecule has 0 spiro atoms. The summed E-state index contributed by atoms with van der Waals surface area (Å²) >= 11 is 11.9. The summed E-state index contributed by atoms with van der Waals surface area (Å²) in [6.07, 6.45) is 6.26. The van der Waals surface area contributed by atoms with E-state index in [0.29, 0.717) is 41.2 Å². The zero-order valence-corrected chi connectivity index (χ0v) is 15.9. The molecule has 2 fully saturated rings. The van der Waals surface area contributed by atoms with E-state index in [2.05, 4.69) is 10.5 Å². The summed E-state index contributed by atoms with van der Waals surface area (Å²) in [6.45, 7) is 2.46. The van der Waals surface area contributed by atoms with Crippen LogP contribution in [-0.4, -0.2) is 18.2 Å². The maximum absolute atomic E-state index is 11.9. The lowest BCUT2D eigenvalue weighted by atomic mass is 9.86. The number of halogens is 2. The first-order chi connectivity index (χ1) is 12.0. The molecule has 2 saturated carbocycles. The van der Waals surface area contributed by atoms with Gasteiger partial charge in [-0.3, -0.25) is 4.79 Å². The minimum Gasteiger partial charge on any atom is -0.492 e. The molecule has 0 radical (unpaired) electrons. The number of fused-ring (bicyclic) bond motifs is 2. The summed E-state index contributed by atoms with van der Waals surface area (Å²) in [6, 6.07) is 5.09. The van der Waals surface area contributed by atoms with Crippen molar-refractivity contribution in [3.63, 3.8) is 0 Å². The van der Waals surface area contributed by atoms with E-state index in [1.807, 2.05) is 6.92 Å². The highest BCUT2D eigenvalue weighted by molar-refractivity contribution is 6.35. The highest BCUT2D eigenvalue weighted by Crippen LogP contribution is 2.48. The first-order valence-corrected chi connectivity index (χ1v) is 9.69. The number of ether oxygens (including phenoxy) is 1. The molecule has 3 atom stereocenters. The average molecular weight is 383 g/mol. The molecule has 0 aromatic heterocycles. The second-order valence-electron chi connectivity index (χ2n) is 7.10. The fourth-order valence-corrected chi connectivity index (χ4v) is 4.52. The molecule has 2 aliphatic carbocycles. The Hall–Kier alpha value is -1.26. The molecular formula is C19H24Cl2N2O2. The second kappa shape index (κ2) is 8.41. The lowest BCUT2D eigenvalue weighted by Gasteiger charge is -2.21. The minimum atomic E-state index is -0.0756. The van der Waals surface area contributed by atoms with Crippen LogP contribution in [0.1, 0.15) is 45.4 Å². The van der Waals surface area contributed by atoms with Crippen molar-refractivity contribution in [3.05, 3.63) is 28.2 Å². The molecule has 1 amide bonds. The van der Waals surface area contributed by atoms with E-state index in [9.17, 15) is 4.79 Å². The van der Waals surface area contributed by atoms with Gasteiger partial charge in [0.05, 0.1) is 11.6 Å². The fourth-order valence-electron chi connectivity index (χ4n) is 4.05. The second-order valence-corrected chi connectivity index (χ2v) is 7.94. The molecule has 2 aliphatic rings. The van der Waals surface area contributed by atoms with Crippen molar-refractivity contribution in [1.29, 1.82) is 0 Å². The lowest BCUT2D eigenvalue weighted by Crippen LogP contribution is -2.24. The molecule has 0 saturated heterocycles. The standard InChI is InChI=1S/C19H24Cl2N2O2/c1-12(16-10-13-4-5-14(16)9-13)22-23-19(24)3-2-8-25-18-7-6-15(20)11-17(18)21/h6-7,11,13-14,16H,2-5,8-10H2,1H3,(H,23,24)/b22-12-/t13-,14+,16-/m0/s1. The van der Waals surface area contributed by atoms with Crippen molar-refractivity contribution in [2.75, 3.05) is 6.61 Å². The number of hydrogen-bond acceptors (Lipinski definition) is 3. The van der Waals surface area contributed by atoms with E-state index in [1.54, 1.807) is 18.2 Å². The number of hydrazone groups is 1. The molecule has 0 aliphatic heterocycles. The van der Waals surface area contributed by atoms with Gasteiger partial charge in [-0.15, -0.1) is 0 Å². The smallest absolute Gasteiger partial charge is 0.240 e. The van der Waals surface area contributed by atoms with Crippen LogP contribution in [0.4, 0.5) is 0 Å². The van der Waals surface area contributed by atoms with Crippen molar-refractivity contribution in [2.24, 2.45) is 22.9 Å². The van der Waals surface area contributed by atoms with E-state index in [-0.39, 0.29) is 5.91 Å². The molecule has 1 aromatic rings. The van der Waals surface area contributed by atoms with Crippen molar-refractivity contribution < 1.29 is 9.53 Å². The Bertz CT molecular complexity index is 663. The molecule has 25 heavy (non-hydrogen) atoms. The number of nitrogens with one attached hydrogen (secondary N) is 1. The Kier molecular flexibility index (Phi) is 6.24. The van der Waals surface area contributed by atoms with Crippen LogP contribution in [0.15, 0.2) is 23.3 Å². The number of amides is 1. The van der Waals surface area contributed by atoms with Crippen LogP contribution >= 0.6 is 23.2 Å². The number of benzene rings is 1.